The number of rotatable bonds is 5. The number of benzene rings is 2. The smallest absolute Gasteiger partial charge is 0.307 e. The van der Waals surface area contributed by atoms with E-state index in [1.165, 1.54) is 5.56 Å². The van der Waals surface area contributed by atoms with Crippen molar-refractivity contribution in [2.24, 2.45) is 7.05 Å². The van der Waals surface area contributed by atoms with Crippen molar-refractivity contribution in [3.8, 4) is 5.75 Å². The summed E-state index contributed by atoms with van der Waals surface area (Å²) in [7, 11) is 1.93. The van der Waals surface area contributed by atoms with Gasteiger partial charge in [-0.25, -0.2) is 4.98 Å². The van der Waals surface area contributed by atoms with Gasteiger partial charge in [-0.3, -0.25) is 4.79 Å². The highest BCUT2D eigenvalue weighted by Crippen LogP contribution is 2.19. The molecule has 5 heteroatoms. The number of ether oxygens (including phenoxy) is 1. The van der Waals surface area contributed by atoms with Crippen molar-refractivity contribution in [2.75, 3.05) is 0 Å². The number of carboxylic acids is 1. The molecule has 1 N–H and O–H groups in total. The van der Waals surface area contributed by atoms with Crippen LogP contribution >= 0.6 is 0 Å². The normalized spacial score (nSPS) is 10.9. The van der Waals surface area contributed by atoms with Crippen molar-refractivity contribution in [1.82, 2.24) is 9.55 Å². The molecule has 0 radical (unpaired) electrons. The molecule has 2 aromatic carbocycles. The number of aliphatic carboxylic acids is 1. The second-order valence-corrected chi connectivity index (χ2v) is 5.58. The summed E-state index contributed by atoms with van der Waals surface area (Å²) >= 11 is 0. The van der Waals surface area contributed by atoms with Crippen LogP contribution in [0.2, 0.25) is 0 Å². The number of aryl methyl sites for hydroxylation is 2. The monoisotopic (exact) mass is 310 g/mol. The molecule has 0 bridgehead atoms. The van der Waals surface area contributed by atoms with Gasteiger partial charge in [0, 0.05) is 7.05 Å². The average molecular weight is 310 g/mol. The van der Waals surface area contributed by atoms with Gasteiger partial charge in [0.15, 0.2) is 0 Å². The summed E-state index contributed by atoms with van der Waals surface area (Å²) in [6, 6.07) is 13.4. The Morgan fingerprint density at radius 2 is 1.96 bits per heavy atom. The maximum absolute atomic E-state index is 10.8. The van der Waals surface area contributed by atoms with Gasteiger partial charge in [-0.1, -0.05) is 23.8 Å². The topological polar surface area (TPSA) is 64.3 Å². The number of carbonyl (C=O) groups is 1. The van der Waals surface area contributed by atoms with Crippen LogP contribution in [-0.4, -0.2) is 20.6 Å². The van der Waals surface area contributed by atoms with E-state index in [0.717, 1.165) is 28.2 Å². The first-order valence-corrected chi connectivity index (χ1v) is 7.38. The molecule has 5 nitrogen and oxygen atoms in total. The second kappa shape index (κ2) is 6.12. The maximum atomic E-state index is 10.8. The standard InChI is InChI=1S/C18H18N2O3/c1-12-3-6-14(7-4-12)23-11-17-19-15-9-13(10-18(21)22)5-8-16(15)20(17)2/h3-9H,10-11H2,1-2H3,(H,21,22). The summed E-state index contributed by atoms with van der Waals surface area (Å²) in [4.78, 5) is 15.4. The summed E-state index contributed by atoms with van der Waals surface area (Å²) in [6.45, 7) is 2.40. The Hall–Kier alpha value is -2.82. The van der Waals surface area contributed by atoms with E-state index < -0.39 is 5.97 Å². The van der Waals surface area contributed by atoms with Crippen LogP contribution in [0.4, 0.5) is 0 Å². The second-order valence-electron chi connectivity index (χ2n) is 5.58. The van der Waals surface area contributed by atoms with Crippen LogP contribution < -0.4 is 4.74 Å². The lowest BCUT2D eigenvalue weighted by atomic mass is 10.1. The number of hydrogen-bond donors (Lipinski definition) is 1. The average Bonchev–Trinajstić information content (AvgIpc) is 2.82. The van der Waals surface area contributed by atoms with Gasteiger partial charge in [0.05, 0.1) is 17.5 Å². The first kappa shape index (κ1) is 15.1. The molecule has 0 aliphatic heterocycles. The number of nitrogens with zero attached hydrogens (tertiary/aromatic N) is 2. The van der Waals surface area contributed by atoms with Crippen molar-refractivity contribution >= 4 is 17.0 Å². The van der Waals surface area contributed by atoms with Gasteiger partial charge in [0.1, 0.15) is 18.2 Å². The summed E-state index contributed by atoms with van der Waals surface area (Å²) in [6.07, 6.45) is 0.00170. The van der Waals surface area contributed by atoms with E-state index in [1.54, 1.807) is 0 Å². The molecule has 0 spiro atoms. The van der Waals surface area contributed by atoms with Crippen LogP contribution in [0.1, 0.15) is 17.0 Å². The lowest BCUT2D eigenvalue weighted by molar-refractivity contribution is -0.136. The summed E-state index contributed by atoms with van der Waals surface area (Å²) in [5.41, 5.74) is 3.68. The van der Waals surface area contributed by atoms with Gasteiger partial charge in [0.25, 0.3) is 0 Å². The van der Waals surface area contributed by atoms with Crippen molar-refractivity contribution in [3.63, 3.8) is 0 Å². The Bertz CT molecular complexity index is 851. The predicted molar refractivity (Wildman–Crippen MR) is 87.6 cm³/mol. The van der Waals surface area contributed by atoms with Crippen LogP contribution in [0, 0.1) is 6.92 Å². The van der Waals surface area contributed by atoms with Crippen molar-refractivity contribution < 1.29 is 14.6 Å². The maximum Gasteiger partial charge on any atom is 0.307 e. The van der Waals surface area contributed by atoms with Gasteiger partial charge >= 0.3 is 5.97 Å². The molecule has 0 aliphatic carbocycles. The molecule has 0 amide bonds. The van der Waals surface area contributed by atoms with Crippen LogP contribution in [0.15, 0.2) is 42.5 Å². The summed E-state index contributed by atoms with van der Waals surface area (Å²) in [5, 5.41) is 8.88. The van der Waals surface area contributed by atoms with E-state index in [9.17, 15) is 4.79 Å². The number of hydrogen-bond acceptors (Lipinski definition) is 3. The Morgan fingerprint density at radius 3 is 2.65 bits per heavy atom. The molecule has 118 valence electrons. The third kappa shape index (κ3) is 3.34. The van der Waals surface area contributed by atoms with E-state index in [-0.39, 0.29) is 6.42 Å². The van der Waals surface area contributed by atoms with Crippen LogP contribution in [0.3, 0.4) is 0 Å². The highest BCUT2D eigenvalue weighted by Gasteiger charge is 2.10. The Kier molecular flexibility index (Phi) is 4.02. The molecule has 3 rings (SSSR count). The third-order valence-corrected chi connectivity index (χ3v) is 3.78. The minimum atomic E-state index is -0.844. The summed E-state index contributed by atoms with van der Waals surface area (Å²) in [5.74, 6) is 0.755. The Balaban J connectivity index is 1.81. The predicted octanol–water partition coefficient (Wildman–Crippen LogP) is 3.09. The first-order valence-electron chi connectivity index (χ1n) is 7.38. The molecule has 0 aliphatic rings. The van der Waals surface area contributed by atoms with E-state index in [2.05, 4.69) is 4.98 Å². The van der Waals surface area contributed by atoms with E-state index in [0.29, 0.717) is 6.61 Å². The molecule has 0 saturated heterocycles. The fourth-order valence-electron chi connectivity index (χ4n) is 2.49. The Labute approximate surface area is 134 Å². The molecule has 3 aromatic rings. The quantitative estimate of drug-likeness (QED) is 0.786. The molecule has 1 aromatic heterocycles. The van der Waals surface area contributed by atoms with E-state index >= 15 is 0 Å². The first-order chi connectivity index (χ1) is 11.0. The van der Waals surface area contributed by atoms with Crippen LogP contribution in [-0.2, 0) is 24.9 Å². The highest BCUT2D eigenvalue weighted by atomic mass is 16.5. The largest absolute Gasteiger partial charge is 0.486 e. The van der Waals surface area contributed by atoms with Gasteiger partial charge < -0.3 is 14.4 Å². The third-order valence-electron chi connectivity index (χ3n) is 3.78. The lowest BCUT2D eigenvalue weighted by Crippen LogP contribution is -2.03. The van der Waals surface area contributed by atoms with Crippen LogP contribution in [0.25, 0.3) is 11.0 Å². The zero-order chi connectivity index (χ0) is 16.4. The number of carboxylic acid groups (broad SMARTS) is 1. The number of fused-ring (bicyclic) bond motifs is 1. The lowest BCUT2D eigenvalue weighted by Gasteiger charge is -2.06. The molecular weight excluding hydrogens is 292 g/mol. The van der Waals surface area contributed by atoms with Gasteiger partial charge in [-0.2, -0.15) is 0 Å². The molecule has 23 heavy (non-hydrogen) atoms. The van der Waals surface area contributed by atoms with Gasteiger partial charge in [0.2, 0.25) is 0 Å². The molecule has 0 unspecified atom stereocenters. The molecule has 0 fully saturated rings. The fourth-order valence-corrected chi connectivity index (χ4v) is 2.49. The van der Waals surface area contributed by atoms with Crippen molar-refractivity contribution in [2.45, 2.75) is 20.0 Å². The zero-order valence-corrected chi connectivity index (χ0v) is 13.1. The van der Waals surface area contributed by atoms with Gasteiger partial charge in [-0.15, -0.1) is 0 Å². The van der Waals surface area contributed by atoms with Crippen molar-refractivity contribution in [3.05, 3.63) is 59.4 Å². The number of aromatic nitrogens is 2. The molecular formula is C18H18N2O3. The minimum absolute atomic E-state index is 0.00170. The SMILES string of the molecule is Cc1ccc(OCc2nc3cc(CC(=O)O)ccc3n2C)cc1. The fraction of sp³-hybridized carbons (Fsp3) is 0.222. The van der Waals surface area contributed by atoms with Crippen molar-refractivity contribution in [1.29, 1.82) is 0 Å². The summed E-state index contributed by atoms with van der Waals surface area (Å²) < 4.78 is 7.74. The highest BCUT2D eigenvalue weighted by molar-refractivity contribution is 5.79. The van der Waals surface area contributed by atoms with E-state index in [1.807, 2.05) is 61.0 Å². The molecule has 1 heterocycles. The van der Waals surface area contributed by atoms with Crippen LogP contribution in [0.5, 0.6) is 5.75 Å². The molecule has 0 atom stereocenters. The van der Waals surface area contributed by atoms with Gasteiger partial charge in [-0.05, 0) is 36.8 Å². The molecule has 0 saturated carbocycles. The Morgan fingerprint density at radius 1 is 1.22 bits per heavy atom. The zero-order valence-electron chi connectivity index (χ0n) is 13.1. The van der Waals surface area contributed by atoms with E-state index in [4.69, 9.17) is 9.84 Å². The minimum Gasteiger partial charge on any atom is -0.486 e. The number of imidazole rings is 1.